The average molecular weight is 441 g/mol. The molecule has 1 heterocycles. The highest BCUT2D eigenvalue weighted by Gasteiger charge is 2.22. The van der Waals surface area contributed by atoms with E-state index in [1.807, 2.05) is 0 Å². The normalized spacial score (nSPS) is 11.4. The summed E-state index contributed by atoms with van der Waals surface area (Å²) < 4.78 is 37.8. The first-order valence-corrected chi connectivity index (χ1v) is 8.69. The molecule has 0 unspecified atom stereocenters. The molecular weight excluding hydrogens is 430 g/mol. The number of halogens is 2. The van der Waals surface area contributed by atoms with E-state index in [1.54, 1.807) is 18.2 Å². The fraction of sp³-hybridized carbons (Fsp3) is 0.167. The Morgan fingerprint density at radius 3 is 2.57 bits per heavy atom. The molecule has 1 aromatic carbocycles. The van der Waals surface area contributed by atoms with Gasteiger partial charge in [-0.2, -0.15) is 0 Å². The van der Waals surface area contributed by atoms with Gasteiger partial charge in [0.05, 0.1) is 17.3 Å². The largest absolute Gasteiger partial charge is 0.496 e. The van der Waals surface area contributed by atoms with E-state index in [0.717, 1.165) is 0 Å². The summed E-state index contributed by atoms with van der Waals surface area (Å²) in [5.74, 6) is 0.739. The van der Waals surface area contributed by atoms with E-state index < -0.39 is 10.0 Å². The van der Waals surface area contributed by atoms with Gasteiger partial charge in [-0.3, -0.25) is 4.72 Å². The van der Waals surface area contributed by atoms with E-state index in [-0.39, 0.29) is 21.9 Å². The minimum Gasteiger partial charge on any atom is -0.496 e. The fourth-order valence-electron chi connectivity index (χ4n) is 1.60. The van der Waals surface area contributed by atoms with Crippen molar-refractivity contribution < 1.29 is 22.7 Å². The molecule has 0 amide bonds. The summed E-state index contributed by atoms with van der Waals surface area (Å²) in [5.41, 5.74) is 0.362. The maximum atomic E-state index is 12.3. The van der Waals surface area contributed by atoms with Gasteiger partial charge in [-0.25, -0.2) is 8.42 Å². The van der Waals surface area contributed by atoms with E-state index in [2.05, 4.69) is 36.6 Å². The third kappa shape index (κ3) is 3.60. The minimum atomic E-state index is -3.83. The zero-order valence-electron chi connectivity index (χ0n) is 10.8. The summed E-state index contributed by atoms with van der Waals surface area (Å²) in [7, 11) is -2.32. The summed E-state index contributed by atoms with van der Waals surface area (Å²) in [4.78, 5) is -0.0847. The Hall–Kier alpha value is -1.03. The highest BCUT2D eigenvalue weighted by Crippen LogP contribution is 2.31. The molecule has 6 nitrogen and oxygen atoms in total. The number of hydrogen-bond donors (Lipinski definition) is 2. The number of methoxy groups -OCH3 is 1. The third-order valence-electron chi connectivity index (χ3n) is 2.56. The lowest BCUT2D eigenvalue weighted by atomic mass is 10.3. The molecule has 1 aromatic heterocycles. The van der Waals surface area contributed by atoms with Crippen molar-refractivity contribution in [2.24, 2.45) is 0 Å². The van der Waals surface area contributed by atoms with Crippen LogP contribution in [-0.4, -0.2) is 20.6 Å². The molecule has 0 aliphatic rings. The van der Waals surface area contributed by atoms with Crippen LogP contribution in [0.4, 0.5) is 5.69 Å². The summed E-state index contributed by atoms with van der Waals surface area (Å²) in [6, 6.07) is 6.04. The van der Waals surface area contributed by atoms with Gasteiger partial charge in [0, 0.05) is 6.07 Å². The molecule has 21 heavy (non-hydrogen) atoms. The molecule has 0 spiro atoms. The van der Waals surface area contributed by atoms with Crippen LogP contribution in [0, 0.1) is 0 Å². The van der Waals surface area contributed by atoms with Crippen molar-refractivity contribution in [1.82, 2.24) is 0 Å². The van der Waals surface area contributed by atoms with Gasteiger partial charge in [-0.15, -0.1) is 0 Å². The molecular formula is C12H11Br2NO5S. The molecule has 114 valence electrons. The Labute approximate surface area is 138 Å². The molecule has 2 N–H and O–H groups in total. The second-order valence-electron chi connectivity index (χ2n) is 3.96. The van der Waals surface area contributed by atoms with Crippen LogP contribution in [-0.2, 0) is 16.6 Å². The number of rotatable bonds is 5. The Morgan fingerprint density at radius 1 is 1.33 bits per heavy atom. The number of anilines is 1. The Bertz CT molecular complexity index is 757. The fourth-order valence-corrected chi connectivity index (χ4v) is 4.19. The first-order valence-electron chi connectivity index (χ1n) is 5.63. The molecule has 2 rings (SSSR count). The van der Waals surface area contributed by atoms with Gasteiger partial charge in [0.25, 0.3) is 10.0 Å². The van der Waals surface area contributed by atoms with Crippen LogP contribution in [0.1, 0.15) is 5.76 Å². The van der Waals surface area contributed by atoms with E-state index in [1.165, 1.54) is 13.2 Å². The van der Waals surface area contributed by atoms with E-state index >= 15 is 0 Å². The predicted molar refractivity (Wildman–Crippen MR) is 83.8 cm³/mol. The van der Waals surface area contributed by atoms with Crippen molar-refractivity contribution >= 4 is 47.6 Å². The first-order chi connectivity index (χ1) is 9.87. The van der Waals surface area contributed by atoms with Crippen LogP contribution < -0.4 is 9.46 Å². The molecule has 0 aliphatic heterocycles. The van der Waals surface area contributed by atoms with Crippen molar-refractivity contribution in [3.63, 3.8) is 0 Å². The Morgan fingerprint density at radius 2 is 2.05 bits per heavy atom. The van der Waals surface area contributed by atoms with E-state index in [4.69, 9.17) is 14.3 Å². The van der Waals surface area contributed by atoms with E-state index in [9.17, 15) is 8.42 Å². The zero-order chi connectivity index (χ0) is 15.6. The van der Waals surface area contributed by atoms with Gasteiger partial charge in [-0.05, 0) is 50.1 Å². The number of hydrogen-bond acceptors (Lipinski definition) is 5. The standard InChI is InChI=1S/C12H11Br2NO5S/c1-19-10-3-2-7(4-9(10)13)15-21(17,18)11-5-8(6-16)20-12(11)14/h2-5,15-16H,6H2,1H3. The molecule has 0 bridgehead atoms. The molecule has 9 heteroatoms. The summed E-state index contributed by atoms with van der Waals surface area (Å²) in [6.07, 6.45) is 0. The van der Waals surface area contributed by atoms with Gasteiger partial charge in [0.15, 0.2) is 4.67 Å². The van der Waals surface area contributed by atoms with Crippen molar-refractivity contribution in [3.05, 3.63) is 39.2 Å². The third-order valence-corrected chi connectivity index (χ3v) is 5.41. The highest BCUT2D eigenvalue weighted by atomic mass is 79.9. The molecule has 2 aromatic rings. The lowest BCUT2D eigenvalue weighted by Gasteiger charge is -2.09. The molecule has 0 saturated carbocycles. The van der Waals surface area contributed by atoms with Crippen LogP contribution in [0.15, 0.2) is 42.7 Å². The molecule has 0 radical (unpaired) electrons. The molecule has 0 atom stereocenters. The van der Waals surface area contributed by atoms with Gasteiger partial charge in [0.1, 0.15) is 23.0 Å². The topological polar surface area (TPSA) is 88.8 Å². The smallest absolute Gasteiger partial charge is 0.266 e. The molecule has 0 fully saturated rings. The first kappa shape index (κ1) is 16.3. The van der Waals surface area contributed by atoms with Crippen molar-refractivity contribution in [3.8, 4) is 5.75 Å². The van der Waals surface area contributed by atoms with Gasteiger partial charge < -0.3 is 14.3 Å². The Kier molecular flexibility index (Phi) is 4.97. The monoisotopic (exact) mass is 439 g/mol. The summed E-state index contributed by atoms with van der Waals surface area (Å²) in [6.45, 7) is -0.387. The Balaban J connectivity index is 2.32. The van der Waals surface area contributed by atoms with Gasteiger partial charge in [0.2, 0.25) is 0 Å². The average Bonchev–Trinajstić information content (AvgIpc) is 2.81. The quantitative estimate of drug-likeness (QED) is 0.745. The second-order valence-corrected chi connectivity index (χ2v) is 7.19. The minimum absolute atomic E-state index is 0.0339. The lowest BCUT2D eigenvalue weighted by molar-refractivity contribution is 0.245. The SMILES string of the molecule is COc1ccc(NS(=O)(=O)c2cc(CO)oc2Br)cc1Br. The number of furan rings is 1. The summed E-state index contributed by atoms with van der Waals surface area (Å²) >= 11 is 6.30. The van der Waals surface area contributed by atoms with Crippen LogP contribution in [0.2, 0.25) is 0 Å². The predicted octanol–water partition coefficient (Wildman–Crippen LogP) is 3.11. The second kappa shape index (κ2) is 6.39. The maximum absolute atomic E-state index is 12.3. The van der Waals surface area contributed by atoms with Crippen LogP contribution in [0.5, 0.6) is 5.75 Å². The number of ether oxygens (including phenoxy) is 1. The molecule has 0 aliphatic carbocycles. The number of aliphatic hydroxyl groups is 1. The zero-order valence-corrected chi connectivity index (χ0v) is 14.7. The number of benzene rings is 1. The lowest BCUT2D eigenvalue weighted by Crippen LogP contribution is -2.12. The van der Waals surface area contributed by atoms with Crippen LogP contribution in [0.3, 0.4) is 0 Å². The van der Waals surface area contributed by atoms with Crippen molar-refractivity contribution in [2.45, 2.75) is 11.5 Å². The maximum Gasteiger partial charge on any atom is 0.266 e. The number of aliphatic hydroxyl groups excluding tert-OH is 1. The number of sulfonamides is 1. The highest BCUT2D eigenvalue weighted by molar-refractivity contribution is 9.10. The number of nitrogens with one attached hydrogen (secondary N) is 1. The van der Waals surface area contributed by atoms with Gasteiger partial charge >= 0.3 is 0 Å². The van der Waals surface area contributed by atoms with Crippen molar-refractivity contribution in [1.29, 1.82) is 0 Å². The van der Waals surface area contributed by atoms with Crippen LogP contribution in [0.25, 0.3) is 0 Å². The summed E-state index contributed by atoms with van der Waals surface area (Å²) in [5, 5.41) is 8.98. The molecule has 0 saturated heterocycles. The van der Waals surface area contributed by atoms with Crippen LogP contribution >= 0.6 is 31.9 Å². The van der Waals surface area contributed by atoms with Crippen molar-refractivity contribution in [2.75, 3.05) is 11.8 Å². The van der Waals surface area contributed by atoms with E-state index in [0.29, 0.717) is 15.9 Å². The van der Waals surface area contributed by atoms with Gasteiger partial charge in [-0.1, -0.05) is 0 Å².